The van der Waals surface area contributed by atoms with E-state index < -0.39 is 35.8 Å². The number of carbonyl (C=O) groups is 4. The Kier molecular flexibility index (Phi) is 11.6. The Balaban J connectivity index is 1.60. The van der Waals surface area contributed by atoms with Crippen molar-refractivity contribution in [1.29, 1.82) is 0 Å². The zero-order valence-electron chi connectivity index (χ0n) is 25.4. The lowest BCUT2D eigenvalue weighted by Gasteiger charge is -2.26. The number of Topliss-reactive ketones (excluding diaryl/α,β-unsaturated/α-hetero) is 1. The van der Waals surface area contributed by atoms with Gasteiger partial charge in [0.05, 0.1) is 25.6 Å². The Hall–Kier alpha value is -5.32. The Labute approximate surface area is 261 Å². The largest absolute Gasteiger partial charge is 0.497 e. The summed E-state index contributed by atoms with van der Waals surface area (Å²) in [5.74, 6) is -1.24. The minimum Gasteiger partial charge on any atom is -0.497 e. The number of amides is 3. The van der Waals surface area contributed by atoms with Crippen LogP contribution in [0.3, 0.4) is 0 Å². The Morgan fingerprint density at radius 3 is 2.00 bits per heavy atom. The zero-order chi connectivity index (χ0) is 32.2. The minimum absolute atomic E-state index is 0.0452. The summed E-state index contributed by atoms with van der Waals surface area (Å²) >= 11 is 0. The van der Waals surface area contributed by atoms with Crippen LogP contribution in [0.1, 0.15) is 52.4 Å². The summed E-state index contributed by atoms with van der Waals surface area (Å²) in [4.78, 5) is 62.0. The van der Waals surface area contributed by atoms with Gasteiger partial charge in [0.15, 0.2) is 5.76 Å². The summed E-state index contributed by atoms with van der Waals surface area (Å²) in [5, 5.41) is 8.42. The maximum Gasteiger partial charge on any atom is 0.272 e. The molecule has 2 aromatic carbocycles. The lowest BCUT2D eigenvalue weighted by Crippen LogP contribution is -2.57. The number of benzene rings is 2. The molecule has 234 valence electrons. The topological polar surface area (TPSA) is 153 Å². The smallest absolute Gasteiger partial charge is 0.272 e. The molecule has 0 aliphatic rings. The number of hydrogen-bond donors (Lipinski definition) is 3. The van der Waals surface area contributed by atoms with Crippen molar-refractivity contribution in [3.05, 3.63) is 114 Å². The van der Waals surface area contributed by atoms with Gasteiger partial charge in [-0.3, -0.25) is 24.2 Å². The van der Waals surface area contributed by atoms with Crippen LogP contribution >= 0.6 is 0 Å². The first-order valence-electron chi connectivity index (χ1n) is 14.7. The maximum absolute atomic E-state index is 13.9. The van der Waals surface area contributed by atoms with Gasteiger partial charge in [0.25, 0.3) is 5.91 Å². The van der Waals surface area contributed by atoms with E-state index in [1.54, 1.807) is 43.5 Å². The number of nitrogens with zero attached hydrogens (tertiary/aromatic N) is 2. The highest BCUT2D eigenvalue weighted by Gasteiger charge is 2.31. The fraction of sp³-hybridized carbons (Fsp3) is 0.294. The highest BCUT2D eigenvalue weighted by molar-refractivity contribution is 6.01. The molecule has 3 N–H and O–H groups in total. The number of rotatable bonds is 15. The van der Waals surface area contributed by atoms with Gasteiger partial charge in [-0.2, -0.15) is 0 Å². The molecule has 0 saturated heterocycles. The number of furan rings is 1. The van der Waals surface area contributed by atoms with Crippen LogP contribution in [0.5, 0.6) is 5.75 Å². The standard InChI is InChI=1S/C34H37N5O6/c1-22(2)18-26(31(40)30-10-7-17-45-30)37-32(41)28(20-24-11-13-25(44-3)14-12-24)38-33(42)27(19-23-8-5-4-6-9-23)39-34(43)29-21-35-15-16-36-29/h4-17,21-22,26-28H,18-20H2,1-3H3,(H,37,41)(H,38,42)(H,39,43)/t26-,27-,28-/m0/s1. The second-order valence-electron chi connectivity index (χ2n) is 11.0. The molecule has 0 fully saturated rings. The summed E-state index contributed by atoms with van der Waals surface area (Å²) in [6.07, 6.45) is 6.15. The average molecular weight is 612 g/mol. The summed E-state index contributed by atoms with van der Waals surface area (Å²) in [5.41, 5.74) is 1.59. The van der Waals surface area contributed by atoms with Crippen molar-refractivity contribution in [3.63, 3.8) is 0 Å². The van der Waals surface area contributed by atoms with Gasteiger partial charge in [-0.1, -0.05) is 56.3 Å². The highest BCUT2D eigenvalue weighted by atomic mass is 16.5. The average Bonchev–Trinajstić information content (AvgIpc) is 3.60. The van der Waals surface area contributed by atoms with Crippen molar-refractivity contribution in [2.75, 3.05) is 7.11 Å². The van der Waals surface area contributed by atoms with Gasteiger partial charge in [-0.05, 0) is 47.7 Å². The number of ketones is 1. The molecule has 0 radical (unpaired) electrons. The number of nitrogens with one attached hydrogen (secondary N) is 3. The van der Waals surface area contributed by atoms with Crippen LogP contribution in [0.15, 0.2) is 96.0 Å². The third kappa shape index (κ3) is 9.59. The first kappa shape index (κ1) is 32.6. The second kappa shape index (κ2) is 15.9. The molecular weight excluding hydrogens is 574 g/mol. The van der Waals surface area contributed by atoms with Crippen LogP contribution in [0.2, 0.25) is 0 Å². The van der Waals surface area contributed by atoms with E-state index in [-0.39, 0.29) is 36.0 Å². The van der Waals surface area contributed by atoms with Gasteiger partial charge in [-0.25, -0.2) is 4.98 Å². The molecule has 0 saturated carbocycles. The van der Waals surface area contributed by atoms with E-state index in [9.17, 15) is 19.2 Å². The van der Waals surface area contributed by atoms with Gasteiger partial charge in [0.2, 0.25) is 17.6 Å². The third-order valence-electron chi connectivity index (χ3n) is 7.04. The van der Waals surface area contributed by atoms with Crippen molar-refractivity contribution in [2.24, 2.45) is 5.92 Å². The van der Waals surface area contributed by atoms with E-state index in [0.29, 0.717) is 12.2 Å². The molecule has 0 aliphatic carbocycles. The van der Waals surface area contributed by atoms with Crippen LogP contribution in [-0.2, 0) is 22.4 Å². The lowest BCUT2D eigenvalue weighted by atomic mass is 9.97. The van der Waals surface area contributed by atoms with Crippen LogP contribution in [0.25, 0.3) is 0 Å². The summed E-state index contributed by atoms with van der Waals surface area (Å²) < 4.78 is 10.6. The number of carbonyl (C=O) groups excluding carboxylic acids is 4. The first-order valence-corrected chi connectivity index (χ1v) is 14.7. The van der Waals surface area contributed by atoms with Crippen molar-refractivity contribution in [1.82, 2.24) is 25.9 Å². The van der Waals surface area contributed by atoms with Gasteiger partial charge >= 0.3 is 0 Å². The molecule has 0 bridgehead atoms. The van der Waals surface area contributed by atoms with E-state index >= 15 is 0 Å². The van der Waals surface area contributed by atoms with E-state index in [4.69, 9.17) is 9.15 Å². The molecule has 4 rings (SSSR count). The van der Waals surface area contributed by atoms with Crippen LogP contribution in [0, 0.1) is 5.92 Å². The molecule has 2 heterocycles. The van der Waals surface area contributed by atoms with E-state index in [1.807, 2.05) is 44.2 Å². The molecule has 3 atom stereocenters. The van der Waals surface area contributed by atoms with Crippen LogP contribution in [-0.4, -0.2) is 58.7 Å². The van der Waals surface area contributed by atoms with E-state index in [0.717, 1.165) is 11.1 Å². The summed E-state index contributed by atoms with van der Waals surface area (Å²) in [6.45, 7) is 3.89. The molecule has 0 spiro atoms. The normalized spacial score (nSPS) is 12.9. The molecule has 0 unspecified atom stereocenters. The van der Waals surface area contributed by atoms with Crippen LogP contribution in [0.4, 0.5) is 0 Å². The fourth-order valence-corrected chi connectivity index (χ4v) is 4.75. The number of ether oxygens (including phenoxy) is 1. The second-order valence-corrected chi connectivity index (χ2v) is 11.0. The fourth-order valence-electron chi connectivity index (χ4n) is 4.75. The molecule has 11 nitrogen and oxygen atoms in total. The van der Waals surface area contributed by atoms with Gasteiger partial charge in [-0.15, -0.1) is 0 Å². The zero-order valence-corrected chi connectivity index (χ0v) is 25.4. The van der Waals surface area contributed by atoms with E-state index in [1.165, 1.54) is 24.9 Å². The Morgan fingerprint density at radius 2 is 1.42 bits per heavy atom. The number of aromatic nitrogens is 2. The molecular formula is C34H37N5O6. The van der Waals surface area contributed by atoms with Gasteiger partial charge < -0.3 is 25.1 Å². The predicted octanol–water partition coefficient (Wildman–Crippen LogP) is 3.56. The third-order valence-corrected chi connectivity index (χ3v) is 7.04. The van der Waals surface area contributed by atoms with Crippen molar-refractivity contribution in [3.8, 4) is 5.75 Å². The lowest BCUT2D eigenvalue weighted by molar-refractivity contribution is -0.130. The van der Waals surface area contributed by atoms with E-state index in [2.05, 4.69) is 25.9 Å². The van der Waals surface area contributed by atoms with Crippen molar-refractivity contribution < 1.29 is 28.3 Å². The van der Waals surface area contributed by atoms with Gasteiger partial charge in [0.1, 0.15) is 23.5 Å². The van der Waals surface area contributed by atoms with Crippen LogP contribution < -0.4 is 20.7 Å². The molecule has 4 aromatic rings. The minimum atomic E-state index is -1.09. The SMILES string of the molecule is COc1ccc(C[C@H](NC(=O)[C@H](Cc2ccccc2)NC(=O)c2cnccn2)C(=O)N[C@@H](CC(C)C)C(=O)c2ccco2)cc1. The Morgan fingerprint density at radius 1 is 0.778 bits per heavy atom. The molecule has 11 heteroatoms. The van der Waals surface area contributed by atoms with Crippen molar-refractivity contribution in [2.45, 2.75) is 51.2 Å². The predicted molar refractivity (Wildman–Crippen MR) is 166 cm³/mol. The molecule has 3 amide bonds. The Bertz CT molecular complexity index is 1540. The molecule has 0 aliphatic heterocycles. The highest BCUT2D eigenvalue weighted by Crippen LogP contribution is 2.16. The number of methoxy groups -OCH3 is 1. The quantitative estimate of drug-likeness (QED) is 0.173. The molecule has 2 aromatic heterocycles. The summed E-state index contributed by atoms with van der Waals surface area (Å²) in [6, 6.07) is 16.4. The molecule has 45 heavy (non-hydrogen) atoms. The first-order chi connectivity index (χ1) is 21.7. The maximum atomic E-state index is 13.9. The van der Waals surface area contributed by atoms with Crippen molar-refractivity contribution >= 4 is 23.5 Å². The van der Waals surface area contributed by atoms with Gasteiger partial charge in [0, 0.05) is 25.2 Å². The number of hydrogen-bond acceptors (Lipinski definition) is 8. The monoisotopic (exact) mass is 611 g/mol. The summed E-state index contributed by atoms with van der Waals surface area (Å²) in [7, 11) is 1.55.